The van der Waals surface area contributed by atoms with Crippen molar-refractivity contribution in [1.29, 1.82) is 0 Å². The molecule has 3 amide bonds. The van der Waals surface area contributed by atoms with Gasteiger partial charge >= 0.3 is 6.03 Å². The highest BCUT2D eigenvalue weighted by molar-refractivity contribution is 6.30. The van der Waals surface area contributed by atoms with Crippen LogP contribution >= 0.6 is 11.6 Å². The molecule has 3 heterocycles. The second-order valence-electron chi connectivity index (χ2n) is 8.84. The van der Waals surface area contributed by atoms with Crippen molar-refractivity contribution in [2.75, 3.05) is 44.7 Å². The minimum absolute atomic E-state index is 0.294. The van der Waals surface area contributed by atoms with Crippen LogP contribution in [-0.4, -0.2) is 71.2 Å². The molecular formula is C27H27ClN8O3. The summed E-state index contributed by atoms with van der Waals surface area (Å²) in [4.78, 5) is 40.0. The number of benzene rings is 2. The second-order valence-corrected chi connectivity index (χ2v) is 9.28. The van der Waals surface area contributed by atoms with E-state index in [1.54, 1.807) is 18.3 Å². The summed E-state index contributed by atoms with van der Waals surface area (Å²) in [5.74, 6) is 0.134. The molecule has 1 fully saturated rings. The van der Waals surface area contributed by atoms with Gasteiger partial charge in [-0.25, -0.2) is 20.2 Å². The predicted molar refractivity (Wildman–Crippen MR) is 149 cm³/mol. The lowest BCUT2D eigenvalue weighted by molar-refractivity contribution is 0.0387. The highest BCUT2D eigenvalue weighted by atomic mass is 35.5. The molecule has 1 aliphatic heterocycles. The summed E-state index contributed by atoms with van der Waals surface area (Å²) < 4.78 is 5.31. The number of aromatic nitrogens is 3. The van der Waals surface area contributed by atoms with Gasteiger partial charge in [-0.05, 0) is 42.0 Å². The van der Waals surface area contributed by atoms with Crippen molar-refractivity contribution < 1.29 is 14.3 Å². The summed E-state index contributed by atoms with van der Waals surface area (Å²) in [6.07, 6.45) is 4.60. The number of amides is 3. The smallest absolute Gasteiger partial charge is 0.333 e. The van der Waals surface area contributed by atoms with Crippen LogP contribution in [0.5, 0.6) is 0 Å². The Hall–Kier alpha value is -4.32. The van der Waals surface area contributed by atoms with Crippen molar-refractivity contribution in [1.82, 2.24) is 36.0 Å². The molecule has 39 heavy (non-hydrogen) atoms. The zero-order valence-electron chi connectivity index (χ0n) is 21.0. The number of anilines is 2. The highest BCUT2D eigenvalue weighted by Crippen LogP contribution is 2.29. The average Bonchev–Trinajstić information content (AvgIpc) is 2.96. The summed E-state index contributed by atoms with van der Waals surface area (Å²) in [6.45, 7) is 4.25. The highest BCUT2D eigenvalue weighted by Gasteiger charge is 2.13. The topological polar surface area (TPSA) is 133 Å². The number of nitrogens with one attached hydrogen (secondary N) is 4. The molecule has 4 aromatic rings. The lowest BCUT2D eigenvalue weighted by Gasteiger charge is -2.26. The zero-order chi connectivity index (χ0) is 27.0. The predicted octanol–water partition coefficient (Wildman–Crippen LogP) is 3.37. The van der Waals surface area contributed by atoms with Crippen LogP contribution in [0.15, 0.2) is 67.3 Å². The Labute approximate surface area is 229 Å². The fourth-order valence-corrected chi connectivity index (χ4v) is 4.33. The maximum Gasteiger partial charge on any atom is 0.333 e. The van der Waals surface area contributed by atoms with Crippen LogP contribution in [0.4, 0.5) is 16.3 Å². The van der Waals surface area contributed by atoms with E-state index in [-0.39, 0.29) is 0 Å². The quantitative estimate of drug-likeness (QED) is 0.259. The third-order valence-corrected chi connectivity index (χ3v) is 6.40. The first kappa shape index (κ1) is 26.3. The van der Waals surface area contributed by atoms with E-state index >= 15 is 0 Å². The molecule has 0 spiro atoms. The third-order valence-electron chi connectivity index (χ3n) is 6.16. The average molecular weight is 547 g/mol. The van der Waals surface area contributed by atoms with Crippen molar-refractivity contribution in [3.63, 3.8) is 0 Å². The van der Waals surface area contributed by atoms with Crippen molar-refractivity contribution in [2.24, 2.45) is 0 Å². The Kier molecular flexibility index (Phi) is 8.42. The van der Waals surface area contributed by atoms with Gasteiger partial charge in [-0.15, -0.1) is 0 Å². The van der Waals surface area contributed by atoms with E-state index in [4.69, 9.17) is 16.3 Å². The molecule has 12 heteroatoms. The summed E-state index contributed by atoms with van der Waals surface area (Å²) in [5, 5.41) is 7.42. The van der Waals surface area contributed by atoms with Gasteiger partial charge in [0.2, 0.25) is 0 Å². The Morgan fingerprint density at radius 1 is 0.974 bits per heavy atom. The molecule has 0 bridgehead atoms. The van der Waals surface area contributed by atoms with Gasteiger partial charge in [-0.1, -0.05) is 23.7 Å². The molecule has 0 atom stereocenters. The first-order chi connectivity index (χ1) is 19.0. The number of hydrazine groups is 1. The van der Waals surface area contributed by atoms with E-state index in [2.05, 4.69) is 41.3 Å². The minimum atomic E-state index is -0.491. The number of ether oxygens (including phenoxy) is 1. The van der Waals surface area contributed by atoms with Gasteiger partial charge < -0.3 is 15.4 Å². The van der Waals surface area contributed by atoms with Crippen molar-refractivity contribution in [2.45, 2.75) is 0 Å². The molecule has 2 aromatic heterocycles. The first-order valence-electron chi connectivity index (χ1n) is 12.4. The number of carbonyl (C=O) groups is 2. The molecule has 4 N–H and O–H groups in total. The van der Waals surface area contributed by atoms with Gasteiger partial charge in [0, 0.05) is 60.2 Å². The van der Waals surface area contributed by atoms with Gasteiger partial charge in [0.25, 0.3) is 5.91 Å². The molecule has 1 aliphatic rings. The second kappa shape index (κ2) is 12.5. The maximum atomic E-state index is 12.7. The number of pyridine rings is 1. The van der Waals surface area contributed by atoms with E-state index < -0.39 is 11.9 Å². The van der Waals surface area contributed by atoms with E-state index in [1.807, 2.05) is 36.4 Å². The standard InChI is InChI=1S/C27H27ClN8O3/c28-21-2-1-3-22(14-21)33-25-23-13-18(4-5-24(23)31-17-32-25)19-12-20(16-29-15-19)26(37)34-35-27(38)30-6-7-36-8-10-39-11-9-36/h1-5,12-17H,6-11H2,(H,34,37)(H2,30,35,38)(H,31,32,33). The Bertz CT molecular complexity index is 1480. The Balaban J connectivity index is 1.24. The molecule has 2 aromatic carbocycles. The van der Waals surface area contributed by atoms with Gasteiger partial charge in [0.15, 0.2) is 0 Å². The lowest BCUT2D eigenvalue weighted by Crippen LogP contribution is -2.49. The maximum absolute atomic E-state index is 12.7. The fraction of sp³-hybridized carbons (Fsp3) is 0.222. The number of urea groups is 1. The van der Waals surface area contributed by atoms with Crippen LogP contribution in [0, 0.1) is 0 Å². The zero-order valence-corrected chi connectivity index (χ0v) is 21.7. The number of morpholine rings is 1. The van der Waals surface area contributed by atoms with Crippen molar-refractivity contribution in [3.05, 3.63) is 77.8 Å². The van der Waals surface area contributed by atoms with E-state index in [9.17, 15) is 9.59 Å². The SMILES string of the molecule is O=C(NCCN1CCOCC1)NNC(=O)c1cncc(-c2ccc3ncnc(Nc4cccc(Cl)c4)c3c2)c1. The van der Waals surface area contributed by atoms with Gasteiger partial charge in [0.05, 0.1) is 24.3 Å². The molecular weight excluding hydrogens is 520 g/mol. The van der Waals surface area contributed by atoms with Crippen LogP contribution < -0.4 is 21.5 Å². The fourth-order valence-electron chi connectivity index (χ4n) is 4.14. The first-order valence-corrected chi connectivity index (χ1v) is 12.8. The van der Waals surface area contributed by atoms with E-state index in [0.717, 1.165) is 40.8 Å². The number of hydrogen-bond acceptors (Lipinski definition) is 8. The number of nitrogens with zero attached hydrogens (tertiary/aromatic N) is 4. The van der Waals surface area contributed by atoms with Crippen LogP contribution in [0.2, 0.25) is 5.02 Å². The van der Waals surface area contributed by atoms with Crippen molar-refractivity contribution >= 4 is 45.9 Å². The number of fused-ring (bicyclic) bond motifs is 1. The molecule has 200 valence electrons. The van der Waals surface area contributed by atoms with Gasteiger partial charge in [-0.2, -0.15) is 0 Å². The van der Waals surface area contributed by atoms with Crippen LogP contribution in [-0.2, 0) is 4.74 Å². The van der Waals surface area contributed by atoms with Crippen molar-refractivity contribution in [3.8, 4) is 11.1 Å². The monoisotopic (exact) mass is 546 g/mol. The number of halogens is 1. The molecule has 11 nitrogen and oxygen atoms in total. The molecule has 1 saturated heterocycles. The normalized spacial score (nSPS) is 13.6. The Morgan fingerprint density at radius 2 is 1.85 bits per heavy atom. The molecule has 0 aliphatic carbocycles. The molecule has 0 saturated carbocycles. The van der Waals surface area contributed by atoms with Crippen LogP contribution in [0.3, 0.4) is 0 Å². The summed E-state index contributed by atoms with van der Waals surface area (Å²) >= 11 is 6.12. The summed E-state index contributed by atoms with van der Waals surface area (Å²) in [7, 11) is 0. The third kappa shape index (κ3) is 6.96. The van der Waals surface area contributed by atoms with E-state index in [0.29, 0.717) is 42.7 Å². The largest absolute Gasteiger partial charge is 0.379 e. The van der Waals surface area contributed by atoms with Gasteiger partial charge in [0.1, 0.15) is 12.1 Å². The minimum Gasteiger partial charge on any atom is -0.379 e. The van der Waals surface area contributed by atoms with Crippen LogP contribution in [0.25, 0.3) is 22.0 Å². The number of hydrogen-bond donors (Lipinski definition) is 4. The van der Waals surface area contributed by atoms with E-state index in [1.165, 1.54) is 12.5 Å². The van der Waals surface area contributed by atoms with Gasteiger partial charge in [-0.3, -0.25) is 20.1 Å². The molecule has 5 rings (SSSR count). The summed E-state index contributed by atoms with van der Waals surface area (Å²) in [6, 6.07) is 14.3. The molecule has 0 radical (unpaired) electrons. The summed E-state index contributed by atoms with van der Waals surface area (Å²) in [5.41, 5.74) is 8.19. The Morgan fingerprint density at radius 3 is 2.69 bits per heavy atom. The number of carbonyl (C=O) groups excluding carboxylic acids is 2. The number of rotatable bonds is 7. The molecule has 0 unspecified atom stereocenters. The lowest BCUT2D eigenvalue weighted by atomic mass is 10.0. The van der Waals surface area contributed by atoms with Crippen LogP contribution in [0.1, 0.15) is 10.4 Å².